The average Bonchev–Trinajstić information content (AvgIpc) is 2.23. The first-order valence-corrected chi connectivity index (χ1v) is 5.65. The third-order valence-electron chi connectivity index (χ3n) is 2.26. The van der Waals surface area contributed by atoms with Gasteiger partial charge in [-0.25, -0.2) is 4.79 Å². The van der Waals surface area contributed by atoms with Crippen LogP contribution >= 0.6 is 0 Å². The molecule has 0 aliphatic carbocycles. The SMILES string of the molecule is C#CCC(C)NC(=O)NCC(C)CCC(=O)O. The van der Waals surface area contributed by atoms with Gasteiger partial charge in [0.05, 0.1) is 0 Å². The summed E-state index contributed by atoms with van der Waals surface area (Å²) in [6.07, 6.45) is 6.28. The molecule has 2 unspecified atom stereocenters. The van der Waals surface area contributed by atoms with Crippen LogP contribution in [0.2, 0.25) is 0 Å². The number of carboxylic acids is 1. The predicted octanol–water partition coefficient (Wildman–Crippen LogP) is 1.20. The molecule has 0 spiro atoms. The Morgan fingerprint density at radius 3 is 2.59 bits per heavy atom. The second-order valence-corrected chi connectivity index (χ2v) is 4.20. The number of urea groups is 1. The summed E-state index contributed by atoms with van der Waals surface area (Å²) in [5.41, 5.74) is 0. The lowest BCUT2D eigenvalue weighted by atomic mass is 10.1. The van der Waals surface area contributed by atoms with Crippen molar-refractivity contribution in [2.75, 3.05) is 6.54 Å². The highest BCUT2D eigenvalue weighted by molar-refractivity contribution is 5.74. The van der Waals surface area contributed by atoms with Crippen molar-refractivity contribution in [2.24, 2.45) is 5.92 Å². The Morgan fingerprint density at radius 2 is 2.06 bits per heavy atom. The molecule has 2 amide bonds. The number of hydrogen-bond acceptors (Lipinski definition) is 2. The summed E-state index contributed by atoms with van der Waals surface area (Å²) in [7, 11) is 0. The van der Waals surface area contributed by atoms with Crippen LogP contribution in [-0.2, 0) is 4.79 Å². The smallest absolute Gasteiger partial charge is 0.315 e. The number of aliphatic carboxylic acids is 1. The van der Waals surface area contributed by atoms with Crippen LogP contribution in [0.1, 0.15) is 33.1 Å². The molecule has 0 aromatic rings. The Balaban J connectivity index is 3.69. The first kappa shape index (κ1) is 15.3. The number of carbonyl (C=O) groups excluding carboxylic acids is 1. The molecule has 0 aliphatic heterocycles. The van der Waals surface area contributed by atoms with Gasteiger partial charge in [0.1, 0.15) is 0 Å². The van der Waals surface area contributed by atoms with Crippen LogP contribution in [0.25, 0.3) is 0 Å². The highest BCUT2D eigenvalue weighted by atomic mass is 16.4. The van der Waals surface area contributed by atoms with Crippen molar-refractivity contribution < 1.29 is 14.7 Å². The molecule has 0 rings (SSSR count). The van der Waals surface area contributed by atoms with Crippen molar-refractivity contribution in [1.82, 2.24) is 10.6 Å². The predicted molar refractivity (Wildman–Crippen MR) is 65.5 cm³/mol. The van der Waals surface area contributed by atoms with Gasteiger partial charge < -0.3 is 15.7 Å². The highest BCUT2D eigenvalue weighted by Crippen LogP contribution is 2.03. The largest absolute Gasteiger partial charge is 0.481 e. The van der Waals surface area contributed by atoms with E-state index in [1.54, 1.807) is 0 Å². The second kappa shape index (κ2) is 8.45. The molecular formula is C12H20N2O3. The summed E-state index contributed by atoms with van der Waals surface area (Å²) in [6.45, 7) is 4.18. The zero-order valence-corrected chi connectivity index (χ0v) is 10.3. The van der Waals surface area contributed by atoms with Crippen LogP contribution in [-0.4, -0.2) is 29.7 Å². The monoisotopic (exact) mass is 240 g/mol. The number of carboxylic acid groups (broad SMARTS) is 1. The van der Waals surface area contributed by atoms with Gasteiger partial charge >= 0.3 is 12.0 Å². The second-order valence-electron chi connectivity index (χ2n) is 4.20. The lowest BCUT2D eigenvalue weighted by molar-refractivity contribution is -0.137. The number of nitrogens with one attached hydrogen (secondary N) is 2. The standard InChI is InChI=1S/C12H20N2O3/c1-4-5-10(3)14-12(17)13-8-9(2)6-7-11(15)16/h1,9-10H,5-8H2,2-3H3,(H,15,16)(H2,13,14,17). The van der Waals surface area contributed by atoms with Gasteiger partial charge in [-0.1, -0.05) is 6.92 Å². The minimum Gasteiger partial charge on any atom is -0.481 e. The summed E-state index contributed by atoms with van der Waals surface area (Å²) in [5, 5.41) is 13.9. The Kier molecular flexibility index (Phi) is 7.61. The van der Waals surface area contributed by atoms with E-state index >= 15 is 0 Å². The van der Waals surface area contributed by atoms with Crippen LogP contribution < -0.4 is 10.6 Å². The van der Waals surface area contributed by atoms with Crippen molar-refractivity contribution in [1.29, 1.82) is 0 Å². The minimum atomic E-state index is -0.816. The number of terminal acetylenes is 1. The van der Waals surface area contributed by atoms with E-state index in [9.17, 15) is 9.59 Å². The van der Waals surface area contributed by atoms with Gasteiger partial charge in [-0.05, 0) is 19.3 Å². The molecule has 0 aliphatic rings. The lowest BCUT2D eigenvalue weighted by Crippen LogP contribution is -2.42. The van der Waals surface area contributed by atoms with Crippen molar-refractivity contribution in [3.63, 3.8) is 0 Å². The zero-order valence-electron chi connectivity index (χ0n) is 10.3. The average molecular weight is 240 g/mol. The van der Waals surface area contributed by atoms with Crippen LogP contribution in [0.15, 0.2) is 0 Å². The van der Waals surface area contributed by atoms with Crippen LogP contribution in [0.4, 0.5) is 4.79 Å². The quantitative estimate of drug-likeness (QED) is 0.585. The van der Waals surface area contributed by atoms with Gasteiger partial charge in [0.2, 0.25) is 0 Å². The fraction of sp³-hybridized carbons (Fsp3) is 0.667. The van der Waals surface area contributed by atoms with E-state index in [1.165, 1.54) is 0 Å². The fourth-order valence-electron chi connectivity index (χ4n) is 1.24. The van der Waals surface area contributed by atoms with Gasteiger partial charge in [-0.2, -0.15) is 0 Å². The molecule has 0 radical (unpaired) electrons. The van der Waals surface area contributed by atoms with Crippen molar-refractivity contribution >= 4 is 12.0 Å². The van der Waals surface area contributed by atoms with Crippen LogP contribution in [0, 0.1) is 18.3 Å². The van der Waals surface area contributed by atoms with E-state index < -0.39 is 5.97 Å². The molecule has 0 saturated carbocycles. The molecule has 0 aromatic heterocycles. The summed E-state index contributed by atoms with van der Waals surface area (Å²) < 4.78 is 0. The van der Waals surface area contributed by atoms with Crippen LogP contribution in [0.3, 0.4) is 0 Å². The molecular weight excluding hydrogens is 220 g/mol. The van der Waals surface area contributed by atoms with Crippen molar-refractivity contribution in [3.05, 3.63) is 0 Å². The summed E-state index contributed by atoms with van der Waals surface area (Å²) in [5.74, 6) is 1.79. The summed E-state index contributed by atoms with van der Waals surface area (Å²) >= 11 is 0. The molecule has 0 saturated heterocycles. The molecule has 17 heavy (non-hydrogen) atoms. The Morgan fingerprint density at radius 1 is 1.41 bits per heavy atom. The van der Waals surface area contributed by atoms with E-state index in [0.29, 0.717) is 19.4 Å². The topological polar surface area (TPSA) is 78.4 Å². The van der Waals surface area contributed by atoms with Gasteiger partial charge in [-0.3, -0.25) is 4.79 Å². The molecule has 5 heteroatoms. The Bertz CT molecular complexity index is 297. The maximum absolute atomic E-state index is 11.4. The first-order chi connectivity index (χ1) is 7.95. The number of carbonyl (C=O) groups is 2. The maximum atomic E-state index is 11.4. The molecule has 0 bridgehead atoms. The summed E-state index contributed by atoms with van der Waals surface area (Å²) in [4.78, 5) is 21.7. The number of hydrogen-bond donors (Lipinski definition) is 3. The minimum absolute atomic E-state index is 0.0608. The molecule has 5 nitrogen and oxygen atoms in total. The molecule has 3 N–H and O–H groups in total. The molecule has 0 aromatic carbocycles. The zero-order chi connectivity index (χ0) is 13.3. The van der Waals surface area contributed by atoms with Gasteiger partial charge in [0, 0.05) is 25.4 Å². The molecule has 96 valence electrons. The Hall–Kier alpha value is -1.70. The van der Waals surface area contributed by atoms with Crippen LogP contribution in [0.5, 0.6) is 0 Å². The molecule has 0 fully saturated rings. The first-order valence-electron chi connectivity index (χ1n) is 5.65. The molecule has 0 heterocycles. The van der Waals surface area contributed by atoms with E-state index in [4.69, 9.17) is 11.5 Å². The van der Waals surface area contributed by atoms with E-state index in [-0.39, 0.29) is 24.4 Å². The fourth-order valence-corrected chi connectivity index (χ4v) is 1.24. The van der Waals surface area contributed by atoms with Crippen molar-refractivity contribution in [3.8, 4) is 12.3 Å². The van der Waals surface area contributed by atoms with Gasteiger partial charge in [0.25, 0.3) is 0 Å². The lowest BCUT2D eigenvalue weighted by Gasteiger charge is -2.14. The third-order valence-corrected chi connectivity index (χ3v) is 2.26. The number of rotatable bonds is 7. The Labute approximate surface area is 102 Å². The van der Waals surface area contributed by atoms with E-state index in [0.717, 1.165) is 0 Å². The highest BCUT2D eigenvalue weighted by Gasteiger charge is 2.09. The maximum Gasteiger partial charge on any atom is 0.315 e. The number of amides is 2. The normalized spacial score (nSPS) is 13.2. The summed E-state index contributed by atoms with van der Waals surface area (Å²) in [6, 6.07) is -0.329. The van der Waals surface area contributed by atoms with Gasteiger partial charge in [0.15, 0.2) is 0 Å². The third kappa shape index (κ3) is 9.24. The molecule has 2 atom stereocenters. The van der Waals surface area contributed by atoms with Crippen molar-refractivity contribution in [2.45, 2.75) is 39.2 Å². The van der Waals surface area contributed by atoms with E-state index in [1.807, 2.05) is 13.8 Å². The van der Waals surface area contributed by atoms with Gasteiger partial charge in [-0.15, -0.1) is 12.3 Å². The van der Waals surface area contributed by atoms with E-state index in [2.05, 4.69) is 16.6 Å².